The van der Waals surface area contributed by atoms with E-state index in [0.29, 0.717) is 0 Å². The Hall–Kier alpha value is -1.37. The van der Waals surface area contributed by atoms with Crippen LogP contribution in [0.3, 0.4) is 0 Å². The van der Waals surface area contributed by atoms with Crippen LogP contribution in [0.15, 0.2) is 11.0 Å². The number of carbonyl (C=O) groups excluding carboxylic acids is 1. The normalized spacial score (nSPS) is 24.4. The maximum Gasteiger partial charge on any atom is 0.349 e. The first-order chi connectivity index (χ1) is 10.4. The van der Waals surface area contributed by atoms with Gasteiger partial charge in [-0.1, -0.05) is 19.9 Å². The largest absolute Gasteiger partial charge is 0.481 e. The van der Waals surface area contributed by atoms with Gasteiger partial charge in [-0.25, -0.2) is 13.2 Å². The quantitative estimate of drug-likeness (QED) is 0.611. The summed E-state index contributed by atoms with van der Waals surface area (Å²) in [5, 5.41) is 9.27. The minimum atomic E-state index is -3.97. The minimum absolute atomic E-state index is 0.452. The SMILES string of the molecule is CC(C)(C)OC(=O)C(=C[C@H]1[C@@H](C(=O)O)C1(C)C)S(=O)(=O)C(C)(C)C. The number of hydrogen-bond acceptors (Lipinski definition) is 5. The Balaban J connectivity index is 3.40. The van der Waals surface area contributed by atoms with E-state index in [1.807, 2.05) is 0 Å². The molecule has 0 bridgehead atoms. The first-order valence-electron chi connectivity index (χ1n) is 7.85. The summed E-state index contributed by atoms with van der Waals surface area (Å²) in [7, 11) is -3.97. The Kier molecular flexibility index (Phi) is 5.05. The standard InChI is InChI=1S/C17H28O6S/c1-15(2,3)23-14(20)11(24(21,22)16(4,5)6)9-10-12(13(18)19)17(10,7)8/h9-10,12H,1-8H3,(H,18,19)/t10-,12-/m0/s1. The van der Waals surface area contributed by atoms with Gasteiger partial charge >= 0.3 is 11.9 Å². The molecule has 0 radical (unpaired) electrons. The lowest BCUT2D eigenvalue weighted by molar-refractivity contribution is -0.149. The highest BCUT2D eigenvalue weighted by atomic mass is 32.2. The number of carbonyl (C=O) groups is 2. The number of hydrogen-bond donors (Lipinski definition) is 1. The summed E-state index contributed by atoms with van der Waals surface area (Å²) in [6.45, 7) is 12.9. The number of allylic oxidation sites excluding steroid dienone is 1. The van der Waals surface area contributed by atoms with Crippen LogP contribution >= 0.6 is 0 Å². The van der Waals surface area contributed by atoms with Crippen molar-refractivity contribution in [2.75, 3.05) is 0 Å². The number of carboxylic acid groups (broad SMARTS) is 1. The van der Waals surface area contributed by atoms with Gasteiger partial charge in [0.05, 0.1) is 10.7 Å². The summed E-state index contributed by atoms with van der Waals surface area (Å²) in [6.07, 6.45) is 1.27. The maximum absolute atomic E-state index is 12.8. The van der Waals surface area contributed by atoms with Gasteiger partial charge in [0.25, 0.3) is 0 Å². The highest BCUT2D eigenvalue weighted by molar-refractivity contribution is 7.97. The number of ether oxygens (including phenoxy) is 1. The molecule has 0 aromatic rings. The van der Waals surface area contributed by atoms with Crippen molar-refractivity contribution in [3.8, 4) is 0 Å². The van der Waals surface area contributed by atoms with Crippen LogP contribution in [-0.2, 0) is 24.2 Å². The zero-order chi connectivity index (χ0) is 19.3. The molecule has 1 aliphatic rings. The van der Waals surface area contributed by atoms with E-state index in [1.165, 1.54) is 26.8 Å². The molecule has 0 aromatic carbocycles. The molecule has 6 nitrogen and oxygen atoms in total. The molecule has 0 saturated heterocycles. The molecule has 1 aliphatic carbocycles. The molecule has 24 heavy (non-hydrogen) atoms. The summed E-state index contributed by atoms with van der Waals surface area (Å²) in [5.74, 6) is -3.19. The zero-order valence-electron chi connectivity index (χ0n) is 15.6. The highest BCUT2D eigenvalue weighted by Gasteiger charge is 2.61. The first-order valence-corrected chi connectivity index (χ1v) is 9.34. The second kappa shape index (κ2) is 5.86. The Morgan fingerprint density at radius 3 is 1.83 bits per heavy atom. The van der Waals surface area contributed by atoms with Gasteiger partial charge in [0.2, 0.25) is 0 Å². The number of esters is 1. The number of carboxylic acids is 1. The van der Waals surface area contributed by atoms with Crippen molar-refractivity contribution in [3.05, 3.63) is 11.0 Å². The van der Waals surface area contributed by atoms with Gasteiger partial charge in [-0.15, -0.1) is 0 Å². The van der Waals surface area contributed by atoms with Crippen LogP contribution in [0.4, 0.5) is 0 Å². The summed E-state index contributed by atoms with van der Waals surface area (Å²) in [5.41, 5.74) is -1.46. The van der Waals surface area contributed by atoms with Crippen molar-refractivity contribution >= 4 is 21.8 Å². The molecular formula is C17H28O6S. The Morgan fingerprint density at radius 2 is 1.54 bits per heavy atom. The molecule has 1 fully saturated rings. The molecule has 0 unspecified atom stereocenters. The van der Waals surface area contributed by atoms with Gasteiger partial charge in [0.1, 0.15) is 10.5 Å². The molecule has 138 valence electrons. The predicted molar refractivity (Wildman–Crippen MR) is 91.0 cm³/mol. The van der Waals surface area contributed by atoms with Crippen LogP contribution in [0.1, 0.15) is 55.4 Å². The maximum atomic E-state index is 12.8. The fraction of sp³-hybridized carbons (Fsp3) is 0.765. The Morgan fingerprint density at radius 1 is 1.08 bits per heavy atom. The molecule has 1 saturated carbocycles. The number of sulfone groups is 1. The van der Waals surface area contributed by atoms with Gasteiger partial charge in [-0.05, 0) is 52.9 Å². The predicted octanol–water partition coefficient (Wildman–Crippen LogP) is 2.78. The van der Waals surface area contributed by atoms with E-state index >= 15 is 0 Å². The van der Waals surface area contributed by atoms with E-state index < -0.39 is 54.3 Å². The van der Waals surface area contributed by atoms with E-state index in [4.69, 9.17) is 4.74 Å². The van der Waals surface area contributed by atoms with Crippen LogP contribution in [0.25, 0.3) is 0 Å². The number of aliphatic carboxylic acids is 1. The first kappa shape index (κ1) is 20.7. The van der Waals surface area contributed by atoms with Gasteiger partial charge in [0, 0.05) is 0 Å². The molecule has 0 heterocycles. The highest BCUT2D eigenvalue weighted by Crippen LogP contribution is 2.59. The topological polar surface area (TPSA) is 97.7 Å². The summed E-state index contributed by atoms with van der Waals surface area (Å²) >= 11 is 0. The molecule has 0 aromatic heterocycles. The van der Waals surface area contributed by atoms with Gasteiger partial charge < -0.3 is 9.84 Å². The van der Waals surface area contributed by atoms with Gasteiger partial charge in [0.15, 0.2) is 9.84 Å². The van der Waals surface area contributed by atoms with Gasteiger partial charge in [-0.2, -0.15) is 0 Å². The van der Waals surface area contributed by atoms with E-state index in [-0.39, 0.29) is 0 Å². The van der Waals surface area contributed by atoms with Crippen LogP contribution in [0.5, 0.6) is 0 Å². The average molecular weight is 360 g/mol. The fourth-order valence-electron chi connectivity index (χ4n) is 2.55. The third kappa shape index (κ3) is 3.99. The number of rotatable bonds is 4. The molecule has 0 spiro atoms. The van der Waals surface area contributed by atoms with E-state index in [2.05, 4.69) is 0 Å². The monoisotopic (exact) mass is 360 g/mol. The van der Waals surface area contributed by atoms with Crippen molar-refractivity contribution in [2.24, 2.45) is 17.3 Å². The molecule has 0 aliphatic heterocycles. The van der Waals surface area contributed by atoms with Crippen molar-refractivity contribution in [1.82, 2.24) is 0 Å². The van der Waals surface area contributed by atoms with Crippen molar-refractivity contribution < 1.29 is 27.9 Å². The van der Waals surface area contributed by atoms with Crippen molar-refractivity contribution in [2.45, 2.75) is 65.7 Å². The lowest BCUT2D eigenvalue weighted by Gasteiger charge is -2.24. The smallest absolute Gasteiger partial charge is 0.349 e. The molecular weight excluding hydrogens is 332 g/mol. The Bertz CT molecular complexity index is 671. The average Bonchev–Trinajstić information content (AvgIpc) is 2.83. The van der Waals surface area contributed by atoms with Crippen LogP contribution in [-0.4, -0.2) is 35.8 Å². The molecule has 1 rings (SSSR count). The minimum Gasteiger partial charge on any atom is -0.481 e. The lowest BCUT2D eigenvalue weighted by Crippen LogP contribution is -2.35. The molecule has 1 N–H and O–H groups in total. The summed E-state index contributed by atoms with van der Waals surface area (Å²) in [4.78, 5) is 23.4. The third-order valence-electron chi connectivity index (χ3n) is 4.20. The van der Waals surface area contributed by atoms with Crippen LogP contribution in [0, 0.1) is 17.3 Å². The lowest BCUT2D eigenvalue weighted by atomic mass is 10.1. The van der Waals surface area contributed by atoms with Gasteiger partial charge in [-0.3, -0.25) is 4.79 Å². The summed E-state index contributed by atoms with van der Waals surface area (Å²) in [6, 6.07) is 0. The molecule has 0 amide bonds. The van der Waals surface area contributed by atoms with E-state index in [1.54, 1.807) is 34.6 Å². The zero-order valence-corrected chi connectivity index (χ0v) is 16.4. The third-order valence-corrected chi connectivity index (χ3v) is 6.70. The fourth-order valence-corrected chi connectivity index (χ4v) is 3.80. The van der Waals surface area contributed by atoms with E-state index in [9.17, 15) is 23.1 Å². The molecule has 7 heteroatoms. The van der Waals surface area contributed by atoms with Crippen molar-refractivity contribution in [3.63, 3.8) is 0 Å². The second-order valence-corrected chi connectivity index (χ2v) is 11.5. The van der Waals surface area contributed by atoms with E-state index in [0.717, 1.165) is 0 Å². The van der Waals surface area contributed by atoms with Crippen molar-refractivity contribution in [1.29, 1.82) is 0 Å². The van der Waals surface area contributed by atoms with Crippen LogP contribution in [0.2, 0.25) is 0 Å². The Labute approximate surface area is 144 Å². The second-order valence-electron chi connectivity index (χ2n) is 8.81. The molecule has 2 atom stereocenters. The summed E-state index contributed by atoms with van der Waals surface area (Å²) < 4.78 is 29.7. The van der Waals surface area contributed by atoms with Crippen LogP contribution < -0.4 is 0 Å².